The number of rotatable bonds is 4. The van der Waals surface area contributed by atoms with Gasteiger partial charge < -0.3 is 0 Å². The zero-order valence-corrected chi connectivity index (χ0v) is 11.7. The molecule has 2 aromatic rings. The van der Waals surface area contributed by atoms with Gasteiger partial charge in [0.05, 0.1) is 5.56 Å². The molecule has 3 nitrogen and oxygen atoms in total. The third-order valence-corrected chi connectivity index (χ3v) is 3.25. The molecule has 0 aliphatic carbocycles. The number of halogens is 1. The maximum absolute atomic E-state index is 12.4. The van der Waals surface area contributed by atoms with Crippen molar-refractivity contribution in [2.75, 3.05) is 0 Å². The molecule has 0 fully saturated rings. The van der Waals surface area contributed by atoms with E-state index in [1.807, 2.05) is 38.1 Å². The maximum atomic E-state index is 12.4. The summed E-state index contributed by atoms with van der Waals surface area (Å²) < 4.78 is 0. The lowest BCUT2D eigenvalue weighted by Crippen LogP contribution is -2.27. The van der Waals surface area contributed by atoms with Crippen molar-refractivity contribution in [3.8, 4) is 0 Å². The Morgan fingerprint density at radius 1 is 1.16 bits per heavy atom. The van der Waals surface area contributed by atoms with Crippen LogP contribution in [0.3, 0.4) is 0 Å². The van der Waals surface area contributed by atoms with Gasteiger partial charge in [0.1, 0.15) is 6.33 Å². The van der Waals surface area contributed by atoms with Gasteiger partial charge in [0.15, 0.2) is 5.78 Å². The van der Waals surface area contributed by atoms with Crippen LogP contribution in [0.5, 0.6) is 0 Å². The maximum Gasteiger partial charge on any atom is 0.171 e. The van der Waals surface area contributed by atoms with E-state index in [-0.39, 0.29) is 5.78 Å². The van der Waals surface area contributed by atoms with Crippen molar-refractivity contribution in [3.63, 3.8) is 0 Å². The summed E-state index contributed by atoms with van der Waals surface area (Å²) in [4.78, 5) is 20.2. The van der Waals surface area contributed by atoms with E-state index in [2.05, 4.69) is 9.97 Å². The van der Waals surface area contributed by atoms with E-state index in [0.29, 0.717) is 17.0 Å². The molecule has 0 spiro atoms. The summed E-state index contributed by atoms with van der Waals surface area (Å²) in [5.41, 5.74) is 1.12. The second kappa shape index (κ2) is 5.49. The molecule has 0 atom stereocenters. The third kappa shape index (κ3) is 3.38. The summed E-state index contributed by atoms with van der Waals surface area (Å²) in [7, 11) is 0. The van der Waals surface area contributed by atoms with Gasteiger partial charge in [-0.2, -0.15) is 0 Å². The van der Waals surface area contributed by atoms with Crippen molar-refractivity contribution >= 4 is 17.4 Å². The summed E-state index contributed by atoms with van der Waals surface area (Å²) in [5, 5.41) is 0.698. The van der Waals surface area contributed by atoms with Gasteiger partial charge in [-0.15, -0.1) is 0 Å². The van der Waals surface area contributed by atoms with E-state index in [1.54, 1.807) is 12.4 Å². The van der Waals surface area contributed by atoms with Crippen LogP contribution in [0.25, 0.3) is 0 Å². The van der Waals surface area contributed by atoms with Gasteiger partial charge >= 0.3 is 0 Å². The second-order valence-electron chi connectivity index (χ2n) is 5.14. The van der Waals surface area contributed by atoms with Gasteiger partial charge in [0.2, 0.25) is 0 Å². The number of aromatic nitrogens is 2. The fourth-order valence-corrected chi connectivity index (χ4v) is 2.13. The normalized spacial score (nSPS) is 11.3. The van der Waals surface area contributed by atoms with E-state index in [9.17, 15) is 4.79 Å². The lowest BCUT2D eigenvalue weighted by molar-refractivity contribution is 0.0837. The molecule has 0 bridgehead atoms. The number of carbonyl (C=O) groups excluding carboxylic acids is 1. The molecule has 0 N–H and O–H groups in total. The standard InChI is InChI=1S/C15H15ClN2O/c1-15(2,7-11-3-5-13(16)6-4-11)14(19)12-8-17-10-18-9-12/h3-6,8-10H,7H2,1-2H3. The average molecular weight is 275 g/mol. The van der Waals surface area contributed by atoms with Gasteiger partial charge in [0, 0.05) is 22.8 Å². The predicted octanol–water partition coefficient (Wildman–Crippen LogP) is 3.58. The lowest BCUT2D eigenvalue weighted by atomic mass is 9.79. The quantitative estimate of drug-likeness (QED) is 0.801. The van der Waals surface area contributed by atoms with Gasteiger partial charge in [0.25, 0.3) is 0 Å². The van der Waals surface area contributed by atoms with Gasteiger partial charge in [-0.3, -0.25) is 4.79 Å². The number of hydrogen-bond acceptors (Lipinski definition) is 3. The molecule has 0 saturated heterocycles. The van der Waals surface area contributed by atoms with E-state index in [1.165, 1.54) is 6.33 Å². The highest BCUT2D eigenvalue weighted by atomic mass is 35.5. The Hall–Kier alpha value is -1.74. The van der Waals surface area contributed by atoms with Crippen LogP contribution in [0.1, 0.15) is 29.8 Å². The van der Waals surface area contributed by atoms with Crippen molar-refractivity contribution < 1.29 is 4.79 Å². The van der Waals surface area contributed by atoms with Crippen LogP contribution >= 0.6 is 11.6 Å². The molecule has 0 unspecified atom stereocenters. The van der Waals surface area contributed by atoms with Crippen molar-refractivity contribution in [2.45, 2.75) is 20.3 Å². The molecule has 1 heterocycles. The molecular weight excluding hydrogens is 260 g/mol. The van der Waals surface area contributed by atoms with Crippen molar-refractivity contribution in [3.05, 3.63) is 59.1 Å². The topological polar surface area (TPSA) is 42.9 Å². The Morgan fingerprint density at radius 2 is 1.74 bits per heavy atom. The summed E-state index contributed by atoms with van der Waals surface area (Å²) in [6, 6.07) is 7.56. The molecule has 0 aliphatic rings. The molecule has 19 heavy (non-hydrogen) atoms. The fourth-order valence-electron chi connectivity index (χ4n) is 2.00. The second-order valence-corrected chi connectivity index (χ2v) is 5.58. The van der Waals surface area contributed by atoms with Crippen LogP contribution in [0.15, 0.2) is 43.0 Å². The highest BCUT2D eigenvalue weighted by Crippen LogP contribution is 2.27. The number of nitrogens with zero attached hydrogens (tertiary/aromatic N) is 2. The summed E-state index contributed by atoms with van der Waals surface area (Å²) >= 11 is 5.86. The molecule has 1 aromatic heterocycles. The summed E-state index contributed by atoms with van der Waals surface area (Å²) in [6.07, 6.45) is 5.18. The van der Waals surface area contributed by atoms with Crippen LogP contribution < -0.4 is 0 Å². The average Bonchev–Trinajstić information content (AvgIpc) is 2.41. The Balaban J connectivity index is 2.18. The predicted molar refractivity (Wildman–Crippen MR) is 75.3 cm³/mol. The lowest BCUT2D eigenvalue weighted by Gasteiger charge is -2.23. The molecule has 0 radical (unpaired) electrons. The van der Waals surface area contributed by atoms with E-state index >= 15 is 0 Å². The molecule has 0 saturated carbocycles. The smallest absolute Gasteiger partial charge is 0.171 e. The zero-order chi connectivity index (χ0) is 13.9. The van der Waals surface area contributed by atoms with Crippen molar-refractivity contribution in [2.24, 2.45) is 5.41 Å². The van der Waals surface area contributed by atoms with Crippen molar-refractivity contribution in [1.29, 1.82) is 0 Å². The van der Waals surface area contributed by atoms with Gasteiger partial charge in [-0.25, -0.2) is 9.97 Å². The number of carbonyl (C=O) groups is 1. The van der Waals surface area contributed by atoms with E-state index < -0.39 is 5.41 Å². The van der Waals surface area contributed by atoms with Crippen LogP contribution in [-0.4, -0.2) is 15.8 Å². The van der Waals surface area contributed by atoms with E-state index in [4.69, 9.17) is 11.6 Å². The third-order valence-electron chi connectivity index (χ3n) is 3.00. The minimum Gasteiger partial charge on any atom is -0.293 e. The molecule has 0 aliphatic heterocycles. The van der Waals surface area contributed by atoms with Crippen molar-refractivity contribution in [1.82, 2.24) is 9.97 Å². The first kappa shape index (κ1) is 13.7. The Kier molecular flexibility index (Phi) is 3.96. The first-order valence-corrected chi connectivity index (χ1v) is 6.41. The number of hydrogen-bond donors (Lipinski definition) is 0. The van der Waals surface area contributed by atoms with Crippen LogP contribution in [0.4, 0.5) is 0 Å². The van der Waals surface area contributed by atoms with Gasteiger partial charge in [-0.1, -0.05) is 37.6 Å². The van der Waals surface area contributed by atoms with E-state index in [0.717, 1.165) is 5.56 Å². The first-order valence-electron chi connectivity index (χ1n) is 6.03. The molecule has 1 aromatic carbocycles. The summed E-state index contributed by atoms with van der Waals surface area (Å²) in [6.45, 7) is 3.86. The zero-order valence-electron chi connectivity index (χ0n) is 10.9. The number of ketones is 1. The molecule has 2 rings (SSSR count). The fraction of sp³-hybridized carbons (Fsp3) is 0.267. The SMILES string of the molecule is CC(C)(Cc1ccc(Cl)cc1)C(=O)c1cncnc1. The molecular formula is C15H15ClN2O. The minimum absolute atomic E-state index is 0.0445. The van der Waals surface area contributed by atoms with Crippen LogP contribution in [0.2, 0.25) is 5.02 Å². The monoisotopic (exact) mass is 274 g/mol. The highest BCUT2D eigenvalue weighted by Gasteiger charge is 2.29. The van der Waals surface area contributed by atoms with Crippen LogP contribution in [-0.2, 0) is 6.42 Å². The molecule has 98 valence electrons. The van der Waals surface area contributed by atoms with Crippen LogP contribution in [0, 0.1) is 5.41 Å². The highest BCUT2D eigenvalue weighted by molar-refractivity contribution is 6.30. The Morgan fingerprint density at radius 3 is 2.32 bits per heavy atom. The molecule has 0 amide bonds. The summed E-state index contributed by atoms with van der Waals surface area (Å²) in [5.74, 6) is 0.0445. The Bertz CT molecular complexity index is 564. The minimum atomic E-state index is -0.501. The molecule has 4 heteroatoms. The first-order chi connectivity index (χ1) is 8.99. The largest absolute Gasteiger partial charge is 0.293 e. The number of benzene rings is 1. The Labute approximate surface area is 117 Å². The number of Topliss-reactive ketones (excluding diaryl/α,β-unsaturated/α-hetero) is 1. The van der Waals surface area contributed by atoms with Gasteiger partial charge in [-0.05, 0) is 24.1 Å².